The van der Waals surface area contributed by atoms with E-state index < -0.39 is 0 Å². The molecular formula is C18H21NO. The van der Waals surface area contributed by atoms with Crippen molar-refractivity contribution >= 4 is 5.69 Å². The van der Waals surface area contributed by atoms with Gasteiger partial charge in [-0.05, 0) is 54.7 Å². The summed E-state index contributed by atoms with van der Waals surface area (Å²) in [6.07, 6.45) is 1.11. The summed E-state index contributed by atoms with van der Waals surface area (Å²) < 4.78 is 5.41. The highest BCUT2D eigenvalue weighted by Crippen LogP contribution is 2.34. The lowest BCUT2D eigenvalue weighted by molar-refractivity contribution is 0.411. The van der Waals surface area contributed by atoms with Crippen LogP contribution in [0, 0.1) is 13.8 Å². The Morgan fingerprint density at radius 1 is 1.10 bits per heavy atom. The van der Waals surface area contributed by atoms with Crippen molar-refractivity contribution < 1.29 is 4.74 Å². The Balaban J connectivity index is 1.94. The zero-order valence-electron chi connectivity index (χ0n) is 12.4. The number of rotatable bonds is 2. The maximum absolute atomic E-state index is 5.41. The maximum atomic E-state index is 5.41. The molecule has 0 bridgehead atoms. The quantitative estimate of drug-likeness (QED) is 0.885. The number of anilines is 1. The zero-order chi connectivity index (χ0) is 14.1. The van der Waals surface area contributed by atoms with Gasteiger partial charge in [-0.25, -0.2) is 0 Å². The van der Waals surface area contributed by atoms with Crippen molar-refractivity contribution in [3.8, 4) is 5.75 Å². The van der Waals surface area contributed by atoms with Gasteiger partial charge in [0.25, 0.3) is 0 Å². The summed E-state index contributed by atoms with van der Waals surface area (Å²) in [6.45, 7) is 5.30. The van der Waals surface area contributed by atoms with Gasteiger partial charge in [0.05, 0.1) is 7.11 Å². The second-order valence-electron chi connectivity index (χ2n) is 5.62. The van der Waals surface area contributed by atoms with Crippen LogP contribution in [0.15, 0.2) is 36.4 Å². The Bertz CT molecular complexity index is 633. The summed E-state index contributed by atoms with van der Waals surface area (Å²) in [7, 11) is 1.74. The summed E-state index contributed by atoms with van der Waals surface area (Å²) in [6, 6.07) is 13.0. The Morgan fingerprint density at radius 2 is 1.90 bits per heavy atom. The summed E-state index contributed by atoms with van der Waals surface area (Å²) in [5.41, 5.74) is 6.67. The van der Waals surface area contributed by atoms with Crippen LogP contribution in [-0.4, -0.2) is 13.7 Å². The number of nitrogens with one attached hydrogen (secondary N) is 1. The predicted molar refractivity (Wildman–Crippen MR) is 83.8 cm³/mol. The number of methoxy groups -OCH3 is 1. The van der Waals surface area contributed by atoms with E-state index in [1.165, 1.54) is 27.9 Å². The molecule has 1 aliphatic rings. The minimum Gasteiger partial charge on any atom is -0.496 e. The normalized spacial score (nSPS) is 17.2. The molecule has 0 aromatic heterocycles. The van der Waals surface area contributed by atoms with Gasteiger partial charge in [0.1, 0.15) is 5.75 Å². The highest BCUT2D eigenvalue weighted by Gasteiger charge is 2.21. The monoisotopic (exact) mass is 267 g/mol. The molecule has 0 aliphatic carbocycles. The molecule has 1 aliphatic heterocycles. The van der Waals surface area contributed by atoms with E-state index >= 15 is 0 Å². The van der Waals surface area contributed by atoms with Gasteiger partial charge >= 0.3 is 0 Å². The van der Waals surface area contributed by atoms with Crippen LogP contribution in [0.25, 0.3) is 0 Å². The molecule has 1 N–H and O–H groups in total. The fourth-order valence-electron chi connectivity index (χ4n) is 3.13. The third kappa shape index (κ3) is 2.26. The zero-order valence-corrected chi connectivity index (χ0v) is 12.4. The fourth-order valence-corrected chi connectivity index (χ4v) is 3.13. The third-order valence-electron chi connectivity index (χ3n) is 4.25. The first kappa shape index (κ1) is 13.0. The van der Waals surface area contributed by atoms with E-state index in [9.17, 15) is 0 Å². The van der Waals surface area contributed by atoms with Gasteiger partial charge in [-0.3, -0.25) is 0 Å². The van der Waals surface area contributed by atoms with Gasteiger partial charge in [0.15, 0.2) is 0 Å². The predicted octanol–water partition coefficient (Wildman–Crippen LogP) is 4.06. The van der Waals surface area contributed by atoms with Gasteiger partial charge in [-0.15, -0.1) is 0 Å². The van der Waals surface area contributed by atoms with E-state index in [0.717, 1.165) is 18.7 Å². The van der Waals surface area contributed by atoms with Crippen molar-refractivity contribution in [2.24, 2.45) is 0 Å². The van der Waals surface area contributed by atoms with E-state index in [1.807, 2.05) is 0 Å². The second-order valence-corrected chi connectivity index (χ2v) is 5.62. The maximum Gasteiger partial charge on any atom is 0.122 e. The fraction of sp³-hybridized carbons (Fsp3) is 0.333. The van der Waals surface area contributed by atoms with Crippen molar-refractivity contribution in [3.05, 3.63) is 58.7 Å². The molecule has 2 aromatic carbocycles. The first-order chi connectivity index (χ1) is 9.69. The third-order valence-corrected chi connectivity index (χ3v) is 4.25. The number of hydrogen-bond acceptors (Lipinski definition) is 2. The molecule has 1 atom stereocenters. The van der Waals surface area contributed by atoms with Gasteiger partial charge in [0, 0.05) is 18.2 Å². The molecule has 0 amide bonds. The number of aryl methyl sites for hydroxylation is 2. The number of fused-ring (bicyclic) bond motifs is 1. The number of benzene rings is 2. The van der Waals surface area contributed by atoms with Crippen LogP contribution >= 0.6 is 0 Å². The molecule has 1 heterocycles. The first-order valence-electron chi connectivity index (χ1n) is 7.16. The Labute approximate surface area is 120 Å². The molecule has 0 fully saturated rings. The molecule has 0 saturated heterocycles. The highest BCUT2D eigenvalue weighted by atomic mass is 16.5. The number of hydrogen-bond donors (Lipinski definition) is 1. The van der Waals surface area contributed by atoms with Gasteiger partial charge in [0.2, 0.25) is 0 Å². The highest BCUT2D eigenvalue weighted by molar-refractivity contribution is 5.55. The van der Waals surface area contributed by atoms with Crippen LogP contribution in [0.3, 0.4) is 0 Å². The average molecular weight is 267 g/mol. The lowest BCUT2D eigenvalue weighted by Gasteiger charge is -2.28. The van der Waals surface area contributed by atoms with E-state index in [-0.39, 0.29) is 0 Å². The van der Waals surface area contributed by atoms with Crippen LogP contribution in [0.4, 0.5) is 5.69 Å². The molecule has 104 valence electrons. The van der Waals surface area contributed by atoms with Crippen molar-refractivity contribution in [2.75, 3.05) is 19.0 Å². The van der Waals surface area contributed by atoms with Crippen molar-refractivity contribution in [3.63, 3.8) is 0 Å². The van der Waals surface area contributed by atoms with Crippen LogP contribution in [-0.2, 0) is 6.42 Å². The molecule has 3 rings (SSSR count). The van der Waals surface area contributed by atoms with E-state index in [0.29, 0.717) is 5.92 Å². The lowest BCUT2D eigenvalue weighted by Crippen LogP contribution is -2.22. The van der Waals surface area contributed by atoms with Crippen LogP contribution < -0.4 is 10.1 Å². The summed E-state index contributed by atoms with van der Waals surface area (Å²) >= 11 is 0. The standard InChI is InChI=1S/C18H21NO/c1-12-9-18(20-3)13(2)8-16(12)15-10-14-6-4-5-7-17(14)19-11-15/h4-9,15,19H,10-11H2,1-3H3. The first-order valence-corrected chi connectivity index (χ1v) is 7.16. The Hall–Kier alpha value is -1.96. The van der Waals surface area contributed by atoms with Crippen LogP contribution in [0.5, 0.6) is 5.75 Å². The van der Waals surface area contributed by atoms with Crippen molar-refractivity contribution in [1.82, 2.24) is 0 Å². The topological polar surface area (TPSA) is 21.3 Å². The van der Waals surface area contributed by atoms with Gasteiger partial charge in [-0.2, -0.15) is 0 Å². The van der Waals surface area contributed by atoms with E-state index in [1.54, 1.807) is 7.11 Å². The molecule has 2 aromatic rings. The molecule has 0 radical (unpaired) electrons. The minimum absolute atomic E-state index is 0.537. The summed E-state index contributed by atoms with van der Waals surface area (Å²) in [5.74, 6) is 1.52. The van der Waals surface area contributed by atoms with Gasteiger partial charge in [-0.1, -0.05) is 24.3 Å². The van der Waals surface area contributed by atoms with E-state index in [4.69, 9.17) is 4.74 Å². The molecule has 2 heteroatoms. The molecular weight excluding hydrogens is 246 g/mol. The second kappa shape index (κ2) is 5.20. The Kier molecular flexibility index (Phi) is 3.39. The van der Waals surface area contributed by atoms with Crippen LogP contribution in [0.2, 0.25) is 0 Å². The summed E-state index contributed by atoms with van der Waals surface area (Å²) in [4.78, 5) is 0. The largest absolute Gasteiger partial charge is 0.496 e. The molecule has 20 heavy (non-hydrogen) atoms. The lowest BCUT2D eigenvalue weighted by atomic mass is 9.85. The number of para-hydroxylation sites is 1. The summed E-state index contributed by atoms with van der Waals surface area (Å²) in [5, 5.41) is 3.56. The SMILES string of the molecule is COc1cc(C)c(C2CNc3ccccc3C2)cc1C. The molecule has 2 nitrogen and oxygen atoms in total. The van der Waals surface area contributed by atoms with E-state index in [2.05, 4.69) is 55.6 Å². The average Bonchev–Trinajstić information content (AvgIpc) is 2.48. The van der Waals surface area contributed by atoms with Crippen LogP contribution in [0.1, 0.15) is 28.2 Å². The molecule has 0 spiro atoms. The minimum atomic E-state index is 0.537. The Morgan fingerprint density at radius 3 is 2.70 bits per heavy atom. The smallest absolute Gasteiger partial charge is 0.122 e. The molecule has 1 unspecified atom stereocenters. The number of ether oxygens (including phenoxy) is 1. The van der Waals surface area contributed by atoms with Crippen molar-refractivity contribution in [2.45, 2.75) is 26.2 Å². The van der Waals surface area contributed by atoms with Gasteiger partial charge < -0.3 is 10.1 Å². The molecule has 0 saturated carbocycles. The van der Waals surface area contributed by atoms with Crippen molar-refractivity contribution in [1.29, 1.82) is 0 Å².